The van der Waals surface area contributed by atoms with Gasteiger partial charge in [-0.05, 0) is 68.6 Å². The number of ether oxygens (including phenoxy) is 3. The zero-order valence-electron chi connectivity index (χ0n) is 44.6. The molecule has 7 aliphatic rings. The van der Waals surface area contributed by atoms with Gasteiger partial charge >= 0.3 is 11.8 Å². The number of aliphatic hydroxyl groups is 1. The highest BCUT2D eigenvalue weighted by Crippen LogP contribution is 2.50. The largest absolute Gasteiger partial charge is 0.507 e. The van der Waals surface area contributed by atoms with Crippen LogP contribution >= 0.6 is 0 Å². The first-order valence-corrected chi connectivity index (χ1v) is 27.0. The zero-order chi connectivity index (χ0) is 53.9. The number of hydrogen-bond donors (Lipinski definition) is 4. The molecule has 6 heterocycles. The Labute approximate surface area is 445 Å². The molecule has 2 amide bonds. The number of carbonyl (C=O) groups is 5. The molecule has 10 rings (SSSR count). The number of amides is 2. The Morgan fingerprint density at radius 1 is 0.882 bits per heavy atom. The van der Waals surface area contributed by atoms with Crippen LogP contribution in [0.5, 0.6) is 11.5 Å². The second kappa shape index (κ2) is 22.8. The van der Waals surface area contributed by atoms with E-state index in [0.717, 1.165) is 30.8 Å². The molecule has 76 heavy (non-hydrogen) atoms. The standard InChI is InChI=1S/C60H72N6O10/c1-37(2)36-64-27-25-60(26-28-64)62-50-47-48-54(70)40(5)56-49(47)57(72)59(6,76-56)74-33-14-13-22-44(34-43(67)24-23-38(3)16-15-17-39(4)58(73)61-52(55(48)71)51(50)63-60)75-46(69)35-45(68)65-29-31-66(32-30-65)53(41-18-9-7-10-19-41)42-20-11-8-12-21-42/h7-12,14-21,33,37-38,43-44,53,63,67,70H,13,22-32,34-36H2,1-6H3,(H,61,73)/b16-15+,33-14+,39-17-/t38?,43?,44-,59?/m1/s1. The maximum Gasteiger partial charge on any atom is 0.315 e. The second-order valence-corrected chi connectivity index (χ2v) is 21.8. The number of esters is 1. The van der Waals surface area contributed by atoms with Gasteiger partial charge in [-0.15, -0.1) is 0 Å². The van der Waals surface area contributed by atoms with Gasteiger partial charge in [-0.3, -0.25) is 33.9 Å². The van der Waals surface area contributed by atoms with Crippen LogP contribution in [0.2, 0.25) is 0 Å². The highest BCUT2D eigenvalue weighted by Gasteiger charge is 2.54. The van der Waals surface area contributed by atoms with Crippen LogP contribution in [0.1, 0.15) is 135 Å². The number of piperidine rings is 1. The first kappa shape index (κ1) is 53.9. The zero-order valence-corrected chi connectivity index (χ0v) is 44.6. The van der Waals surface area contributed by atoms with Gasteiger partial charge in [-0.2, -0.15) is 0 Å². The average molecular weight is 1040 g/mol. The number of fused-ring (bicyclic) bond motifs is 13. The van der Waals surface area contributed by atoms with Gasteiger partial charge in [0.15, 0.2) is 0 Å². The Morgan fingerprint density at radius 3 is 2.21 bits per heavy atom. The van der Waals surface area contributed by atoms with Crippen molar-refractivity contribution < 1.29 is 48.4 Å². The van der Waals surface area contributed by atoms with Crippen LogP contribution in [0.15, 0.2) is 113 Å². The van der Waals surface area contributed by atoms with Gasteiger partial charge in [0.2, 0.25) is 11.7 Å². The van der Waals surface area contributed by atoms with Crippen molar-refractivity contribution in [3.8, 4) is 11.5 Å². The van der Waals surface area contributed by atoms with Gasteiger partial charge in [0.05, 0.1) is 40.9 Å². The van der Waals surface area contributed by atoms with Crippen LogP contribution in [0.4, 0.5) is 0 Å². The quantitative estimate of drug-likeness (QED) is 0.127. The highest BCUT2D eigenvalue weighted by atomic mass is 16.7. The molecular weight excluding hydrogens is 965 g/mol. The minimum absolute atomic E-state index is 0.00730. The molecule has 1 spiro atoms. The first-order valence-electron chi connectivity index (χ1n) is 27.0. The van der Waals surface area contributed by atoms with Gasteiger partial charge in [0, 0.05) is 88.7 Å². The predicted octanol–water partition coefficient (Wildman–Crippen LogP) is 7.59. The van der Waals surface area contributed by atoms with Gasteiger partial charge in [0.1, 0.15) is 35.4 Å². The smallest absolute Gasteiger partial charge is 0.315 e. The number of Topliss-reactive ketones (excluding diaryl/α,β-unsaturated/α-hetero) is 2. The van der Waals surface area contributed by atoms with Crippen molar-refractivity contribution in [2.24, 2.45) is 16.8 Å². The number of benzene rings is 3. The molecule has 1 aliphatic carbocycles. The normalized spacial score (nSPS) is 26.0. The number of phenols is 1. The SMILES string of the molecule is C/C1=C/C=C/C(C)CCC(O)C[C@H](OC(=O)CC(=O)N2CCN(C(c3ccccc3)c3ccccc3)CC2)CC/C=C/OC2(C)Oc3c(C)c(O)c4c(c3C2=O)C2=NC3(CCN(CC(C)C)CC3)NC2=C(NC1=O)C4=O. The molecule has 0 radical (unpaired) electrons. The minimum Gasteiger partial charge on any atom is -0.507 e. The second-order valence-electron chi connectivity index (χ2n) is 21.8. The van der Waals surface area contributed by atoms with Gasteiger partial charge in [-0.25, -0.2) is 0 Å². The van der Waals surface area contributed by atoms with E-state index in [-0.39, 0.29) is 75.8 Å². The number of aliphatic imine (C=N–C) groups is 1. The van der Waals surface area contributed by atoms with E-state index in [9.17, 15) is 34.2 Å². The lowest BCUT2D eigenvalue weighted by atomic mass is 9.82. The van der Waals surface area contributed by atoms with Crippen LogP contribution in [-0.2, 0) is 23.9 Å². The van der Waals surface area contributed by atoms with Crippen molar-refractivity contribution >= 4 is 35.1 Å². The fourth-order valence-electron chi connectivity index (χ4n) is 11.3. The van der Waals surface area contributed by atoms with E-state index in [1.165, 1.54) is 13.2 Å². The number of nitrogens with zero attached hydrogens (tertiary/aromatic N) is 4. The summed E-state index contributed by atoms with van der Waals surface area (Å²) in [5, 5.41) is 29.6. The number of phenolic OH excluding ortho intramolecular Hbond substituents is 1. The molecule has 0 aromatic heterocycles. The summed E-state index contributed by atoms with van der Waals surface area (Å²) in [7, 11) is 0. The third-order valence-electron chi connectivity index (χ3n) is 15.5. The Hall–Kier alpha value is -6.88. The van der Waals surface area contributed by atoms with Crippen molar-refractivity contribution in [1.82, 2.24) is 25.3 Å². The van der Waals surface area contributed by atoms with Crippen molar-refractivity contribution in [3.05, 3.63) is 142 Å². The van der Waals surface area contributed by atoms with Crippen LogP contribution in [0.25, 0.3) is 0 Å². The lowest BCUT2D eigenvalue weighted by molar-refractivity contribution is -0.155. The number of nitrogens with one attached hydrogen (secondary N) is 2. The van der Waals surface area contributed by atoms with Gasteiger partial charge in [-0.1, -0.05) is 99.7 Å². The Kier molecular flexibility index (Phi) is 16.1. The summed E-state index contributed by atoms with van der Waals surface area (Å²) in [4.78, 5) is 82.5. The van der Waals surface area contributed by atoms with E-state index < -0.39 is 59.3 Å². The number of likely N-dealkylation sites (tertiary alicyclic amines) is 1. The van der Waals surface area contributed by atoms with E-state index in [0.29, 0.717) is 69.8 Å². The van der Waals surface area contributed by atoms with Crippen LogP contribution < -0.4 is 15.4 Å². The number of rotatable bonds is 8. The molecule has 0 saturated carbocycles. The molecule has 3 aromatic rings. The molecule has 16 heteroatoms. The predicted molar refractivity (Wildman–Crippen MR) is 287 cm³/mol. The number of carbonyl (C=O) groups excluding carboxylic acids is 5. The van der Waals surface area contributed by atoms with E-state index in [2.05, 4.69) is 58.5 Å². The summed E-state index contributed by atoms with van der Waals surface area (Å²) in [6, 6.07) is 20.6. The lowest BCUT2D eigenvalue weighted by Gasteiger charge is -2.39. The van der Waals surface area contributed by atoms with Crippen LogP contribution in [0.3, 0.4) is 0 Å². The fraction of sp³-hybridized carbons (Fsp3) is 0.467. The van der Waals surface area contributed by atoms with Crippen molar-refractivity contribution in [3.63, 3.8) is 0 Å². The van der Waals surface area contributed by atoms with E-state index in [1.54, 1.807) is 37.0 Å². The molecule has 3 aromatic carbocycles. The van der Waals surface area contributed by atoms with Gasteiger partial charge < -0.3 is 44.9 Å². The average Bonchev–Trinajstić information content (AvgIpc) is 4.11. The minimum atomic E-state index is -1.92. The third-order valence-corrected chi connectivity index (χ3v) is 15.5. The Bertz CT molecular complexity index is 2840. The van der Waals surface area contributed by atoms with Crippen molar-refractivity contribution in [1.29, 1.82) is 0 Å². The number of allylic oxidation sites excluding steroid dienone is 6. The molecule has 3 unspecified atom stereocenters. The van der Waals surface area contributed by atoms with Crippen LogP contribution in [-0.4, -0.2) is 129 Å². The molecule has 402 valence electrons. The van der Waals surface area contributed by atoms with E-state index in [4.69, 9.17) is 19.2 Å². The monoisotopic (exact) mass is 1040 g/mol. The topological polar surface area (TPSA) is 200 Å². The van der Waals surface area contributed by atoms with E-state index in [1.807, 2.05) is 49.4 Å². The van der Waals surface area contributed by atoms with E-state index >= 15 is 0 Å². The Morgan fingerprint density at radius 2 is 1.55 bits per heavy atom. The summed E-state index contributed by atoms with van der Waals surface area (Å²) in [6.07, 6.45) is 9.16. The summed E-state index contributed by atoms with van der Waals surface area (Å²) < 4.78 is 18.4. The van der Waals surface area contributed by atoms with Crippen molar-refractivity contribution in [2.75, 3.05) is 45.8 Å². The third kappa shape index (κ3) is 11.4. The number of hydrogen-bond acceptors (Lipinski definition) is 14. The number of aromatic hydroxyl groups is 1. The highest BCUT2D eigenvalue weighted by molar-refractivity contribution is 6.34. The molecule has 2 fully saturated rings. The maximum atomic E-state index is 14.8. The van der Waals surface area contributed by atoms with Gasteiger partial charge in [0.25, 0.3) is 11.7 Å². The summed E-state index contributed by atoms with van der Waals surface area (Å²) in [5.74, 6) is -4.62. The van der Waals surface area contributed by atoms with Crippen molar-refractivity contribution in [2.45, 2.75) is 123 Å². The summed E-state index contributed by atoms with van der Waals surface area (Å²) in [6.45, 7) is 15.5. The fourth-order valence-corrected chi connectivity index (χ4v) is 11.3. The Balaban J connectivity index is 0.931. The summed E-state index contributed by atoms with van der Waals surface area (Å²) >= 11 is 0. The summed E-state index contributed by atoms with van der Waals surface area (Å²) in [5.41, 5.74) is 2.42. The molecule has 16 nitrogen and oxygen atoms in total. The molecular formula is C60H72N6O10. The molecule has 4 N–H and O–H groups in total. The number of ketones is 2. The lowest BCUT2D eigenvalue weighted by Crippen LogP contribution is -2.50. The molecule has 5 bridgehead atoms. The maximum absolute atomic E-state index is 14.8. The number of piperazine rings is 1. The molecule has 4 atom stereocenters. The molecule has 6 aliphatic heterocycles. The number of aliphatic hydroxyl groups excluding tert-OH is 1. The first-order chi connectivity index (χ1) is 36.4. The van der Waals surface area contributed by atoms with Crippen LogP contribution in [0, 0.1) is 18.8 Å². The molecule has 2 saturated heterocycles.